The first kappa shape index (κ1) is 61.0. The summed E-state index contributed by atoms with van der Waals surface area (Å²) in [6, 6.07) is 24.1. The lowest BCUT2D eigenvalue weighted by Crippen LogP contribution is -2.52. The van der Waals surface area contributed by atoms with Gasteiger partial charge in [0, 0.05) is 42.6 Å². The molecular formula is C54H68F6N4O12. The molecule has 0 radical (unpaired) electrons. The Kier molecular flexibility index (Phi) is 25.7. The average Bonchev–Trinajstić information content (AvgIpc) is 3.40. The van der Waals surface area contributed by atoms with E-state index in [9.17, 15) is 45.8 Å². The Labute approximate surface area is 438 Å². The van der Waals surface area contributed by atoms with Crippen LogP contribution in [0.4, 0.5) is 47.3 Å². The van der Waals surface area contributed by atoms with E-state index in [1.54, 1.807) is 54.6 Å². The summed E-state index contributed by atoms with van der Waals surface area (Å²) in [6.45, 7) is -0.192. The summed E-state index contributed by atoms with van der Waals surface area (Å²) in [5, 5.41) is 20.8. The van der Waals surface area contributed by atoms with Crippen molar-refractivity contribution in [3.63, 3.8) is 0 Å². The molecule has 1 aliphatic rings. The van der Waals surface area contributed by atoms with Crippen molar-refractivity contribution in [1.82, 2.24) is 10.6 Å². The Bertz CT molecular complexity index is 2320. The number of carbonyl (C=O) groups is 3. The summed E-state index contributed by atoms with van der Waals surface area (Å²) >= 11 is 0. The molecule has 4 unspecified atom stereocenters. The third-order valence-electron chi connectivity index (χ3n) is 11.9. The quantitative estimate of drug-likeness (QED) is 0.0182. The summed E-state index contributed by atoms with van der Waals surface area (Å²) in [6.07, 6.45) is -8.74. The van der Waals surface area contributed by atoms with Crippen molar-refractivity contribution in [3.8, 4) is 0 Å². The van der Waals surface area contributed by atoms with Crippen molar-refractivity contribution < 1.29 is 83.7 Å². The summed E-state index contributed by atoms with van der Waals surface area (Å²) in [4.78, 5) is 39.5. The van der Waals surface area contributed by atoms with Crippen LogP contribution in [0, 0.1) is 0 Å². The number of benzene rings is 4. The molecule has 0 saturated carbocycles. The molecule has 16 nitrogen and oxygen atoms in total. The third kappa shape index (κ3) is 21.6. The number of ether oxygens (including phenoxy) is 8. The lowest BCUT2D eigenvalue weighted by molar-refractivity contribution is -0.303. The maximum absolute atomic E-state index is 13.7. The number of hydrogen-bond donors (Lipinski definition) is 5. The van der Waals surface area contributed by atoms with E-state index in [1.165, 1.54) is 25.7 Å². The minimum Gasteiger partial charge on any atom is -0.446 e. The van der Waals surface area contributed by atoms with Gasteiger partial charge in [0.2, 0.25) is 5.91 Å². The predicted molar refractivity (Wildman–Crippen MR) is 268 cm³/mol. The Morgan fingerprint density at radius 2 is 1.36 bits per heavy atom. The maximum Gasteiger partial charge on any atom is 0.416 e. The third-order valence-corrected chi connectivity index (χ3v) is 11.9. The van der Waals surface area contributed by atoms with Gasteiger partial charge in [0.15, 0.2) is 18.9 Å². The van der Waals surface area contributed by atoms with Crippen molar-refractivity contribution >= 4 is 29.4 Å². The Morgan fingerprint density at radius 1 is 0.737 bits per heavy atom. The number of anilines is 2. The van der Waals surface area contributed by atoms with E-state index in [1.807, 2.05) is 6.07 Å². The van der Waals surface area contributed by atoms with Gasteiger partial charge in [-0.3, -0.25) is 10.1 Å². The van der Waals surface area contributed by atoms with Crippen LogP contribution in [0.1, 0.15) is 99.5 Å². The van der Waals surface area contributed by atoms with Crippen molar-refractivity contribution in [1.29, 1.82) is 0 Å². The number of aliphatic hydroxyl groups excluding tert-OH is 1. The van der Waals surface area contributed by atoms with Gasteiger partial charge in [0.1, 0.15) is 24.9 Å². The average molecular weight is 1080 g/mol. The smallest absolute Gasteiger partial charge is 0.416 e. The zero-order valence-corrected chi connectivity index (χ0v) is 42.5. The lowest BCUT2D eigenvalue weighted by Gasteiger charge is -2.38. The molecule has 4 amide bonds. The molecule has 5 rings (SSSR count). The summed E-state index contributed by atoms with van der Waals surface area (Å²) in [5.41, 5.74) is -0.914. The van der Waals surface area contributed by atoms with E-state index in [2.05, 4.69) is 28.2 Å². The fourth-order valence-corrected chi connectivity index (χ4v) is 7.90. The number of methoxy groups -OCH3 is 1. The van der Waals surface area contributed by atoms with Crippen LogP contribution < -0.4 is 21.3 Å². The molecule has 1 saturated heterocycles. The van der Waals surface area contributed by atoms with Crippen LogP contribution in [-0.2, 0) is 55.0 Å². The van der Waals surface area contributed by atoms with E-state index < -0.39 is 92.0 Å². The van der Waals surface area contributed by atoms with Crippen LogP contribution in [0.5, 0.6) is 0 Å². The molecule has 76 heavy (non-hydrogen) atoms. The van der Waals surface area contributed by atoms with E-state index in [0.29, 0.717) is 17.5 Å². The Balaban J connectivity index is 1.31. The molecule has 1 aliphatic heterocycles. The number of halogens is 6. The van der Waals surface area contributed by atoms with Gasteiger partial charge in [0.25, 0.3) is 0 Å². The SMILES string of the molecule is CCCCCCCCCCC(=O)N[C@H](CO[C@H](CO)OC1COC(c2ccccc2)O[C@@H]1COC(=O)Nc1cccc(C(F)(F)F)c1)C(COC(OC)c1ccccc1)OCCNC(=O)Nc1cccc(C(F)(F)F)c1. The highest BCUT2D eigenvalue weighted by Crippen LogP contribution is 2.33. The molecule has 22 heteroatoms. The van der Waals surface area contributed by atoms with Crippen LogP contribution in [0.3, 0.4) is 0 Å². The molecule has 0 aliphatic carbocycles. The van der Waals surface area contributed by atoms with Gasteiger partial charge >= 0.3 is 24.5 Å². The van der Waals surface area contributed by atoms with Crippen molar-refractivity contribution in [3.05, 3.63) is 131 Å². The molecule has 418 valence electrons. The number of aliphatic hydroxyl groups is 1. The minimum absolute atomic E-state index is 0.0937. The molecule has 7 atom stereocenters. The summed E-state index contributed by atoms with van der Waals surface area (Å²) in [5.74, 6) is -0.346. The second-order valence-electron chi connectivity index (χ2n) is 17.8. The standard InChI is InChI=1S/C54H68F6N4O12/c1-3-4-5-6-7-8-9-16-27-47(66)64-43(44(34-72-49(69-2)37-19-12-10-13-20-37)70-29-28-61-51(67)62-41-25-17-23-39(30-41)53(55,56)57)33-71-48(32-65)75-45-35-73-50(38-21-14-11-15-22-38)76-46(45)36-74-52(68)63-42-26-18-24-40(31-42)54(58,59)60/h10-15,17-26,30-31,43-46,48-50,65H,3-9,16,27-29,32-36H2,1-2H3,(H,63,68)(H,64,66)(H2,61,62,67)/t43-,44?,45?,46-,48+,49?,50?/m1/s1. The Morgan fingerprint density at radius 3 is 1.97 bits per heavy atom. The molecule has 0 aromatic heterocycles. The number of alkyl halides is 6. The molecule has 0 spiro atoms. The highest BCUT2D eigenvalue weighted by molar-refractivity contribution is 5.89. The zero-order valence-electron chi connectivity index (χ0n) is 42.5. The second-order valence-corrected chi connectivity index (χ2v) is 17.8. The van der Waals surface area contributed by atoms with Crippen molar-refractivity contribution in [2.45, 2.75) is 120 Å². The number of unbranched alkanes of at least 4 members (excludes halogenated alkanes) is 7. The van der Waals surface area contributed by atoms with E-state index in [4.69, 9.17) is 37.9 Å². The molecule has 4 aromatic rings. The number of carbonyl (C=O) groups excluding carboxylic acids is 3. The fourth-order valence-electron chi connectivity index (χ4n) is 7.90. The molecule has 1 fully saturated rings. The van der Waals surface area contributed by atoms with Crippen LogP contribution in [0.25, 0.3) is 0 Å². The van der Waals surface area contributed by atoms with Crippen LogP contribution in [0.15, 0.2) is 109 Å². The largest absolute Gasteiger partial charge is 0.446 e. The van der Waals surface area contributed by atoms with Gasteiger partial charge in [-0.15, -0.1) is 0 Å². The predicted octanol–water partition coefficient (Wildman–Crippen LogP) is 10.7. The first-order chi connectivity index (χ1) is 36.6. The van der Waals surface area contributed by atoms with Gasteiger partial charge in [-0.25, -0.2) is 9.59 Å². The van der Waals surface area contributed by atoms with Crippen LogP contribution >= 0.6 is 0 Å². The molecule has 0 bridgehead atoms. The van der Waals surface area contributed by atoms with Crippen LogP contribution in [0.2, 0.25) is 0 Å². The fraction of sp³-hybridized carbons (Fsp3) is 0.500. The monoisotopic (exact) mass is 1080 g/mol. The normalized spacial score (nSPS) is 17.5. The summed E-state index contributed by atoms with van der Waals surface area (Å²) in [7, 11) is 1.44. The molecule has 4 aromatic carbocycles. The number of urea groups is 1. The number of hydrogen-bond acceptors (Lipinski definition) is 12. The first-order valence-electron chi connectivity index (χ1n) is 25.2. The number of amides is 4. The second kappa shape index (κ2) is 32.0. The highest BCUT2D eigenvalue weighted by atomic mass is 19.4. The molecular weight excluding hydrogens is 1010 g/mol. The van der Waals surface area contributed by atoms with Crippen molar-refractivity contribution in [2.24, 2.45) is 0 Å². The Hall–Kier alpha value is -5.85. The number of rotatable bonds is 31. The zero-order chi connectivity index (χ0) is 54.8. The van der Waals surface area contributed by atoms with Crippen LogP contribution in [-0.4, -0.2) is 107 Å². The molecule has 5 N–H and O–H groups in total. The topological polar surface area (TPSA) is 193 Å². The van der Waals surface area contributed by atoms with Crippen molar-refractivity contribution in [2.75, 3.05) is 63.9 Å². The minimum atomic E-state index is -4.66. The van der Waals surface area contributed by atoms with Gasteiger partial charge < -0.3 is 59.0 Å². The van der Waals surface area contributed by atoms with E-state index in [-0.39, 0.29) is 56.7 Å². The van der Waals surface area contributed by atoms with Gasteiger partial charge in [0.05, 0.1) is 50.2 Å². The number of nitrogens with one attached hydrogen (secondary N) is 4. The van der Waals surface area contributed by atoms with E-state index in [0.717, 1.165) is 74.9 Å². The van der Waals surface area contributed by atoms with Gasteiger partial charge in [-0.1, -0.05) is 125 Å². The van der Waals surface area contributed by atoms with Gasteiger partial charge in [-0.05, 0) is 42.8 Å². The molecule has 1 heterocycles. The summed E-state index contributed by atoms with van der Waals surface area (Å²) < 4.78 is 128. The first-order valence-corrected chi connectivity index (χ1v) is 25.2. The lowest BCUT2D eigenvalue weighted by atomic mass is 10.1. The maximum atomic E-state index is 13.7. The van der Waals surface area contributed by atoms with E-state index >= 15 is 0 Å². The van der Waals surface area contributed by atoms with Gasteiger partial charge in [-0.2, -0.15) is 26.3 Å². The highest BCUT2D eigenvalue weighted by Gasteiger charge is 2.38.